The van der Waals surface area contributed by atoms with E-state index in [1.54, 1.807) is 41.5 Å². The standard InChI is InChI=1S/C19H28O6/c1-11(2)14(20)24-18(5,6)17(3,4)16(22)25-19(7)9-8-12-10-13(19)23-15(12)21/h12-13H,1,8-10H2,2-7H3. The number of rotatable bonds is 5. The van der Waals surface area contributed by atoms with E-state index in [9.17, 15) is 14.4 Å². The van der Waals surface area contributed by atoms with Crippen LogP contribution in [-0.2, 0) is 28.6 Å². The van der Waals surface area contributed by atoms with E-state index in [0.717, 1.165) is 0 Å². The summed E-state index contributed by atoms with van der Waals surface area (Å²) in [5, 5.41) is 0. The molecule has 140 valence electrons. The number of carbonyl (C=O) groups excluding carboxylic acids is 3. The second kappa shape index (κ2) is 6.15. The molecule has 1 aliphatic carbocycles. The van der Waals surface area contributed by atoms with Crippen LogP contribution in [0, 0.1) is 11.3 Å². The van der Waals surface area contributed by atoms with Gasteiger partial charge in [0.1, 0.15) is 22.7 Å². The molecule has 3 atom stereocenters. The Morgan fingerprint density at radius 1 is 1.28 bits per heavy atom. The molecule has 0 spiro atoms. The summed E-state index contributed by atoms with van der Waals surface area (Å²) in [6, 6.07) is 0. The van der Waals surface area contributed by atoms with E-state index in [1.807, 2.05) is 0 Å². The zero-order valence-corrected chi connectivity index (χ0v) is 15.9. The fourth-order valence-corrected chi connectivity index (χ4v) is 3.02. The highest BCUT2D eigenvalue weighted by Gasteiger charge is 2.55. The quantitative estimate of drug-likeness (QED) is 0.430. The van der Waals surface area contributed by atoms with Gasteiger partial charge in [0, 0.05) is 12.0 Å². The third-order valence-corrected chi connectivity index (χ3v) is 5.80. The van der Waals surface area contributed by atoms with Crippen molar-refractivity contribution >= 4 is 17.9 Å². The Kier molecular flexibility index (Phi) is 4.79. The van der Waals surface area contributed by atoms with Crippen LogP contribution >= 0.6 is 0 Å². The second-order valence-electron chi connectivity index (χ2n) is 8.40. The van der Waals surface area contributed by atoms with Gasteiger partial charge in [0.25, 0.3) is 0 Å². The van der Waals surface area contributed by atoms with E-state index < -0.39 is 34.7 Å². The molecule has 1 saturated heterocycles. The van der Waals surface area contributed by atoms with Crippen LogP contribution in [0.5, 0.6) is 0 Å². The molecule has 2 rings (SSSR count). The van der Waals surface area contributed by atoms with Gasteiger partial charge in [0.2, 0.25) is 0 Å². The molecule has 2 fully saturated rings. The first kappa shape index (κ1) is 19.5. The number of ether oxygens (including phenoxy) is 3. The summed E-state index contributed by atoms with van der Waals surface area (Å²) in [5.74, 6) is -1.34. The van der Waals surface area contributed by atoms with Gasteiger partial charge in [-0.2, -0.15) is 0 Å². The summed E-state index contributed by atoms with van der Waals surface area (Å²) in [7, 11) is 0. The third-order valence-electron chi connectivity index (χ3n) is 5.80. The van der Waals surface area contributed by atoms with Crippen LogP contribution in [0.15, 0.2) is 12.2 Å². The normalized spacial score (nSPS) is 29.0. The zero-order valence-electron chi connectivity index (χ0n) is 15.9. The molecule has 25 heavy (non-hydrogen) atoms. The SMILES string of the molecule is C=C(C)C(=O)OC(C)(C)C(C)(C)C(=O)OC1(C)CCC2CC1OC2=O. The summed E-state index contributed by atoms with van der Waals surface area (Å²) in [6.07, 6.45) is 1.38. The molecule has 6 nitrogen and oxygen atoms in total. The lowest BCUT2D eigenvalue weighted by Gasteiger charge is -2.43. The number of carbonyl (C=O) groups is 3. The molecule has 0 N–H and O–H groups in total. The Hall–Kier alpha value is -1.85. The van der Waals surface area contributed by atoms with E-state index in [2.05, 4.69) is 6.58 Å². The monoisotopic (exact) mass is 352 g/mol. The van der Waals surface area contributed by atoms with E-state index in [-0.39, 0.29) is 17.5 Å². The highest BCUT2D eigenvalue weighted by atomic mass is 16.6. The molecule has 1 aliphatic heterocycles. The first-order chi connectivity index (χ1) is 11.3. The molecular formula is C19H28O6. The predicted octanol–water partition coefficient (Wildman–Crippen LogP) is 2.94. The highest BCUT2D eigenvalue weighted by Crippen LogP contribution is 2.45. The van der Waals surface area contributed by atoms with Crippen molar-refractivity contribution in [2.45, 2.75) is 78.1 Å². The van der Waals surface area contributed by atoms with Gasteiger partial charge in [0.05, 0.1) is 5.92 Å². The lowest BCUT2D eigenvalue weighted by molar-refractivity contribution is -0.201. The summed E-state index contributed by atoms with van der Waals surface area (Å²) < 4.78 is 16.7. The molecule has 2 bridgehead atoms. The highest BCUT2D eigenvalue weighted by molar-refractivity contribution is 5.88. The Bertz CT molecular complexity index is 617. The van der Waals surface area contributed by atoms with Crippen LogP contribution in [0.1, 0.15) is 60.8 Å². The van der Waals surface area contributed by atoms with Gasteiger partial charge in [-0.05, 0) is 54.4 Å². The van der Waals surface area contributed by atoms with Crippen molar-refractivity contribution < 1.29 is 28.6 Å². The second-order valence-corrected chi connectivity index (χ2v) is 8.40. The molecule has 0 aromatic carbocycles. The zero-order chi connectivity index (χ0) is 19.2. The van der Waals surface area contributed by atoms with Crippen molar-refractivity contribution in [2.75, 3.05) is 0 Å². The maximum atomic E-state index is 12.9. The van der Waals surface area contributed by atoms with Gasteiger partial charge in [-0.25, -0.2) is 4.79 Å². The maximum absolute atomic E-state index is 12.9. The molecule has 0 aromatic heterocycles. The Morgan fingerprint density at radius 2 is 1.88 bits per heavy atom. The lowest BCUT2D eigenvalue weighted by Crippen LogP contribution is -2.53. The van der Waals surface area contributed by atoms with Crippen LogP contribution in [0.3, 0.4) is 0 Å². The molecule has 6 heteroatoms. The van der Waals surface area contributed by atoms with Crippen molar-refractivity contribution in [3.05, 3.63) is 12.2 Å². The first-order valence-electron chi connectivity index (χ1n) is 8.63. The Balaban J connectivity index is 2.14. The van der Waals surface area contributed by atoms with Crippen LogP contribution < -0.4 is 0 Å². The molecule has 1 saturated carbocycles. The molecule has 0 radical (unpaired) electrons. The minimum atomic E-state index is -1.10. The topological polar surface area (TPSA) is 78.9 Å². The van der Waals surface area contributed by atoms with Crippen LogP contribution in [-0.4, -0.2) is 35.2 Å². The first-order valence-corrected chi connectivity index (χ1v) is 8.63. The fourth-order valence-electron chi connectivity index (χ4n) is 3.02. The van der Waals surface area contributed by atoms with Crippen LogP contribution in [0.25, 0.3) is 0 Å². The minimum absolute atomic E-state index is 0.0854. The molecule has 3 unspecified atom stereocenters. The van der Waals surface area contributed by atoms with Gasteiger partial charge in [-0.1, -0.05) is 6.58 Å². The number of esters is 3. The van der Waals surface area contributed by atoms with Gasteiger partial charge in [0.15, 0.2) is 0 Å². The van der Waals surface area contributed by atoms with Gasteiger partial charge >= 0.3 is 17.9 Å². The average molecular weight is 352 g/mol. The molecule has 1 heterocycles. The van der Waals surface area contributed by atoms with E-state index >= 15 is 0 Å². The van der Waals surface area contributed by atoms with Gasteiger partial charge < -0.3 is 14.2 Å². The number of hydrogen-bond acceptors (Lipinski definition) is 6. The van der Waals surface area contributed by atoms with Crippen molar-refractivity contribution in [3.8, 4) is 0 Å². The Labute approximate surface area is 148 Å². The van der Waals surface area contributed by atoms with Crippen molar-refractivity contribution in [3.63, 3.8) is 0 Å². The maximum Gasteiger partial charge on any atom is 0.333 e. The third kappa shape index (κ3) is 3.44. The Morgan fingerprint density at radius 3 is 2.44 bits per heavy atom. The average Bonchev–Trinajstić information content (AvgIpc) is 2.81. The number of fused-ring (bicyclic) bond motifs is 2. The van der Waals surface area contributed by atoms with Gasteiger partial charge in [-0.3, -0.25) is 9.59 Å². The van der Waals surface area contributed by atoms with Crippen LogP contribution in [0.4, 0.5) is 0 Å². The predicted molar refractivity (Wildman–Crippen MR) is 90.5 cm³/mol. The summed E-state index contributed by atoms with van der Waals surface area (Å²) in [4.78, 5) is 36.5. The van der Waals surface area contributed by atoms with E-state index in [4.69, 9.17) is 14.2 Å². The smallest absolute Gasteiger partial charge is 0.333 e. The van der Waals surface area contributed by atoms with Crippen molar-refractivity contribution in [1.29, 1.82) is 0 Å². The van der Waals surface area contributed by atoms with Crippen molar-refractivity contribution in [1.82, 2.24) is 0 Å². The van der Waals surface area contributed by atoms with E-state index in [1.165, 1.54) is 0 Å². The number of hydrogen-bond donors (Lipinski definition) is 0. The molecule has 0 aromatic rings. The van der Waals surface area contributed by atoms with Crippen LogP contribution in [0.2, 0.25) is 0 Å². The molecular weight excluding hydrogens is 324 g/mol. The fraction of sp³-hybridized carbons (Fsp3) is 0.737. The minimum Gasteiger partial charge on any atom is -0.458 e. The summed E-state index contributed by atoms with van der Waals surface area (Å²) >= 11 is 0. The summed E-state index contributed by atoms with van der Waals surface area (Å²) in [6.45, 7) is 13.6. The van der Waals surface area contributed by atoms with Gasteiger partial charge in [-0.15, -0.1) is 0 Å². The lowest BCUT2D eigenvalue weighted by atomic mass is 9.75. The largest absolute Gasteiger partial charge is 0.458 e. The summed E-state index contributed by atoms with van der Waals surface area (Å²) in [5.41, 5.74) is -2.79. The van der Waals surface area contributed by atoms with Crippen molar-refractivity contribution in [2.24, 2.45) is 11.3 Å². The molecule has 0 amide bonds. The molecule has 2 aliphatic rings. The van der Waals surface area contributed by atoms with E-state index in [0.29, 0.717) is 19.3 Å².